The maximum atomic E-state index is 11.7. The van der Waals surface area contributed by atoms with E-state index in [4.69, 9.17) is 13.3 Å². The van der Waals surface area contributed by atoms with E-state index in [0.717, 1.165) is 0 Å². The molecule has 23 heavy (non-hydrogen) atoms. The van der Waals surface area contributed by atoms with Crippen molar-refractivity contribution in [3.8, 4) is 0 Å². The van der Waals surface area contributed by atoms with Crippen LogP contribution in [0.1, 0.15) is 6.42 Å². The summed E-state index contributed by atoms with van der Waals surface area (Å²) >= 11 is 0. The van der Waals surface area contributed by atoms with Crippen LogP contribution in [0.2, 0.25) is 6.04 Å². The van der Waals surface area contributed by atoms with Gasteiger partial charge in [-0.2, -0.15) is 0 Å². The van der Waals surface area contributed by atoms with Crippen LogP contribution in [0.25, 0.3) is 0 Å². The zero-order valence-corrected chi connectivity index (χ0v) is 14.3. The molecule has 0 aromatic heterocycles. The summed E-state index contributed by atoms with van der Waals surface area (Å²) in [4.78, 5) is 21.8. The van der Waals surface area contributed by atoms with Gasteiger partial charge >= 0.3 is 14.8 Å². The number of carbonyl (C=O) groups is 1. The lowest BCUT2D eigenvalue weighted by atomic mass is 10.3. The van der Waals surface area contributed by atoms with Crippen molar-refractivity contribution in [2.45, 2.75) is 12.5 Å². The summed E-state index contributed by atoms with van der Waals surface area (Å²) in [5.74, 6) is 0. The van der Waals surface area contributed by atoms with Crippen LogP contribution in [0.3, 0.4) is 0 Å². The zero-order valence-electron chi connectivity index (χ0n) is 13.3. The number of nitro groups is 1. The summed E-state index contributed by atoms with van der Waals surface area (Å²) in [6.07, 6.45) is 0.634. The van der Waals surface area contributed by atoms with Gasteiger partial charge < -0.3 is 23.9 Å². The number of carbonyl (C=O) groups excluding carboxylic acids is 1. The summed E-state index contributed by atoms with van der Waals surface area (Å²) in [6, 6.07) is 5.77. The van der Waals surface area contributed by atoms with Gasteiger partial charge in [-0.15, -0.1) is 0 Å². The number of amides is 2. The molecule has 1 aromatic rings. The van der Waals surface area contributed by atoms with Crippen LogP contribution in [0.5, 0.6) is 0 Å². The lowest BCUT2D eigenvalue weighted by molar-refractivity contribution is -0.384. The van der Waals surface area contributed by atoms with E-state index in [1.807, 2.05) is 0 Å². The highest BCUT2D eigenvalue weighted by molar-refractivity contribution is 6.60. The molecule has 1 rings (SSSR count). The first-order chi connectivity index (χ1) is 11.0. The smallest absolute Gasteiger partial charge is 0.377 e. The third-order valence-corrected chi connectivity index (χ3v) is 6.05. The Kier molecular flexibility index (Phi) is 7.61. The van der Waals surface area contributed by atoms with E-state index in [9.17, 15) is 14.9 Å². The molecule has 0 heterocycles. The molecule has 0 aliphatic heterocycles. The number of rotatable bonds is 9. The molecule has 2 N–H and O–H groups in total. The third kappa shape index (κ3) is 5.94. The number of anilines is 1. The van der Waals surface area contributed by atoms with Crippen LogP contribution in [0, 0.1) is 10.1 Å². The molecule has 0 fully saturated rings. The maximum Gasteiger partial charge on any atom is 0.500 e. The number of hydrogen-bond acceptors (Lipinski definition) is 6. The van der Waals surface area contributed by atoms with Crippen molar-refractivity contribution in [3.05, 3.63) is 34.4 Å². The van der Waals surface area contributed by atoms with Crippen molar-refractivity contribution in [1.82, 2.24) is 5.32 Å². The molecule has 1 aromatic carbocycles. The van der Waals surface area contributed by atoms with Gasteiger partial charge in [-0.05, 0) is 18.6 Å². The van der Waals surface area contributed by atoms with Crippen molar-refractivity contribution in [1.29, 1.82) is 0 Å². The zero-order chi connectivity index (χ0) is 17.3. The number of non-ortho nitro benzene ring substituents is 1. The monoisotopic (exact) mass is 343 g/mol. The number of hydrogen-bond donors (Lipinski definition) is 2. The Balaban J connectivity index is 2.36. The van der Waals surface area contributed by atoms with Gasteiger partial charge in [0.15, 0.2) is 0 Å². The summed E-state index contributed by atoms with van der Waals surface area (Å²) in [5.41, 5.74) is 0.443. The Labute approximate surface area is 135 Å². The fourth-order valence-corrected chi connectivity index (χ4v) is 3.63. The Bertz CT molecular complexity index is 513. The van der Waals surface area contributed by atoms with Crippen LogP contribution >= 0.6 is 0 Å². The number of benzene rings is 1. The Hall–Kier alpha value is -2.01. The van der Waals surface area contributed by atoms with Crippen LogP contribution in [0.15, 0.2) is 24.3 Å². The van der Waals surface area contributed by atoms with Gasteiger partial charge in [0.25, 0.3) is 5.69 Å². The summed E-state index contributed by atoms with van der Waals surface area (Å²) in [7, 11) is 1.99. The molecule has 0 saturated heterocycles. The molecule has 0 unspecified atom stereocenters. The second-order valence-electron chi connectivity index (χ2n) is 4.58. The van der Waals surface area contributed by atoms with Gasteiger partial charge in [0.1, 0.15) is 0 Å². The van der Waals surface area contributed by atoms with E-state index < -0.39 is 19.8 Å². The van der Waals surface area contributed by atoms with E-state index in [2.05, 4.69) is 10.6 Å². The first-order valence-corrected chi connectivity index (χ1v) is 8.84. The highest BCUT2D eigenvalue weighted by atomic mass is 28.4. The van der Waals surface area contributed by atoms with Gasteiger partial charge in [-0.1, -0.05) is 0 Å². The SMILES string of the molecule is CO[Si](CCCNC(=O)Nc1ccc([N+](=O)[O-])cc1)(OC)OC. The lowest BCUT2D eigenvalue weighted by Crippen LogP contribution is -2.43. The Morgan fingerprint density at radius 2 is 1.74 bits per heavy atom. The average Bonchev–Trinajstić information content (AvgIpc) is 2.56. The predicted octanol–water partition coefficient (Wildman–Crippen LogP) is 1.98. The number of nitrogens with zero attached hydrogens (tertiary/aromatic N) is 1. The van der Waals surface area contributed by atoms with Crippen molar-refractivity contribution in [3.63, 3.8) is 0 Å². The highest BCUT2D eigenvalue weighted by Crippen LogP contribution is 2.16. The molecule has 9 nitrogen and oxygen atoms in total. The first-order valence-electron chi connectivity index (χ1n) is 6.91. The second-order valence-corrected chi connectivity index (χ2v) is 7.67. The molecule has 0 atom stereocenters. The normalized spacial score (nSPS) is 11.1. The second kappa shape index (κ2) is 9.20. The molecular formula is C13H21N3O6Si. The molecule has 0 saturated carbocycles. The van der Waals surface area contributed by atoms with E-state index >= 15 is 0 Å². The minimum absolute atomic E-state index is 0.0315. The summed E-state index contributed by atoms with van der Waals surface area (Å²) in [5, 5.41) is 15.8. The number of urea groups is 1. The minimum atomic E-state index is -2.62. The topological polar surface area (TPSA) is 112 Å². The van der Waals surface area contributed by atoms with Crippen molar-refractivity contribution < 1.29 is 23.0 Å². The van der Waals surface area contributed by atoms with Crippen molar-refractivity contribution in [2.75, 3.05) is 33.2 Å². The standard InChI is InChI=1S/C13H21N3O6Si/c1-20-23(21-2,22-3)10-4-9-14-13(17)15-11-5-7-12(8-6-11)16(18)19/h5-8H,4,9-10H2,1-3H3,(H2,14,15,17). The Morgan fingerprint density at radius 3 is 2.22 bits per heavy atom. The molecule has 0 aliphatic carbocycles. The van der Waals surface area contributed by atoms with Crippen LogP contribution in [-0.2, 0) is 13.3 Å². The molecule has 10 heteroatoms. The van der Waals surface area contributed by atoms with Crippen molar-refractivity contribution in [2.24, 2.45) is 0 Å². The predicted molar refractivity (Wildman–Crippen MR) is 86.3 cm³/mol. The van der Waals surface area contributed by atoms with Gasteiger partial charge in [0.05, 0.1) is 4.92 Å². The van der Waals surface area contributed by atoms with Crippen LogP contribution in [0.4, 0.5) is 16.2 Å². The maximum absolute atomic E-state index is 11.7. The summed E-state index contributed by atoms with van der Waals surface area (Å²) in [6.45, 7) is 0.420. The summed E-state index contributed by atoms with van der Waals surface area (Å²) < 4.78 is 15.8. The van der Waals surface area contributed by atoms with Gasteiger partial charge in [-0.3, -0.25) is 10.1 Å². The molecule has 0 bridgehead atoms. The molecule has 128 valence electrons. The fraction of sp³-hybridized carbons (Fsp3) is 0.462. The lowest BCUT2D eigenvalue weighted by Gasteiger charge is -2.24. The van der Waals surface area contributed by atoms with Crippen molar-refractivity contribution >= 4 is 26.2 Å². The first kappa shape index (κ1) is 19.0. The molecule has 0 radical (unpaired) electrons. The fourth-order valence-electron chi connectivity index (χ4n) is 1.90. The molecular weight excluding hydrogens is 322 g/mol. The largest absolute Gasteiger partial charge is 0.500 e. The number of nitrogens with one attached hydrogen (secondary N) is 2. The van der Waals surface area contributed by atoms with Gasteiger partial charge in [0, 0.05) is 51.7 Å². The molecule has 0 spiro atoms. The average molecular weight is 343 g/mol. The van der Waals surface area contributed by atoms with E-state index in [1.54, 1.807) is 0 Å². The van der Waals surface area contributed by atoms with Crippen LogP contribution in [-0.4, -0.2) is 47.6 Å². The molecule has 0 aliphatic rings. The highest BCUT2D eigenvalue weighted by Gasteiger charge is 2.36. The minimum Gasteiger partial charge on any atom is -0.377 e. The number of nitro benzene ring substituents is 1. The molecule has 2 amide bonds. The van der Waals surface area contributed by atoms with E-state index in [0.29, 0.717) is 24.7 Å². The van der Waals surface area contributed by atoms with E-state index in [1.165, 1.54) is 45.6 Å². The van der Waals surface area contributed by atoms with Gasteiger partial charge in [0.2, 0.25) is 0 Å². The van der Waals surface area contributed by atoms with E-state index in [-0.39, 0.29) is 5.69 Å². The quantitative estimate of drug-likeness (QED) is 0.307. The van der Waals surface area contributed by atoms with Gasteiger partial charge in [-0.25, -0.2) is 4.79 Å². The Morgan fingerprint density at radius 1 is 1.17 bits per heavy atom. The van der Waals surface area contributed by atoms with Crippen LogP contribution < -0.4 is 10.6 Å². The third-order valence-electron chi connectivity index (χ3n) is 3.21.